The van der Waals surface area contributed by atoms with E-state index in [-0.39, 0.29) is 46.9 Å². The number of fused-ring (bicyclic) bond motifs is 3. The molecule has 1 heterocycles. The normalized spacial score (nSPS) is 28.3. The molecule has 1 aromatic carbocycles. The van der Waals surface area contributed by atoms with E-state index < -0.39 is 41.6 Å². The highest BCUT2D eigenvalue weighted by atomic mass is 35.5. The number of ether oxygens (including phenoxy) is 1. The molecule has 9 heteroatoms. The van der Waals surface area contributed by atoms with Crippen LogP contribution in [0, 0.1) is 17.8 Å². The number of benzene rings is 1. The van der Waals surface area contributed by atoms with Crippen LogP contribution in [0.5, 0.6) is 5.75 Å². The van der Waals surface area contributed by atoms with Crippen LogP contribution in [0.25, 0.3) is 0 Å². The monoisotopic (exact) mass is 481 g/mol. The molecule has 0 aromatic heterocycles. The minimum absolute atomic E-state index is 0.0734. The van der Waals surface area contributed by atoms with Crippen LogP contribution in [0.1, 0.15) is 31.2 Å². The summed E-state index contributed by atoms with van der Waals surface area (Å²) >= 11 is 6.21. The number of likely N-dealkylation sites (tertiary alicyclic amines) is 1. The quantitative estimate of drug-likeness (QED) is 0.371. The van der Waals surface area contributed by atoms with Crippen LogP contribution < -0.4 is 0 Å². The largest absolute Gasteiger partial charge is 0.508 e. The first-order valence-electron chi connectivity index (χ1n) is 10.8. The Morgan fingerprint density at radius 2 is 1.88 bits per heavy atom. The van der Waals surface area contributed by atoms with Gasteiger partial charge in [-0.05, 0) is 50.0 Å². The van der Waals surface area contributed by atoms with E-state index in [0.29, 0.717) is 21.1 Å². The second-order valence-electron chi connectivity index (χ2n) is 8.91. The van der Waals surface area contributed by atoms with Gasteiger partial charge >= 0.3 is 6.09 Å². The van der Waals surface area contributed by atoms with Gasteiger partial charge in [0.15, 0.2) is 11.6 Å². The number of Topliss-reactive ketones (excluding diaryl/α,β-unsaturated/α-hetero) is 1. The van der Waals surface area contributed by atoms with Gasteiger partial charge in [-0.1, -0.05) is 23.3 Å². The Morgan fingerprint density at radius 3 is 2.59 bits per heavy atom. The third-order valence-corrected chi connectivity index (χ3v) is 7.46. The molecule has 0 spiro atoms. The standard InChI is InChI=1S/C25H20ClNO7/c1-10-7-18(29)21-16(22(10)30)9-14-12(19(21)15-8-11(26)3-6-17(15)28)4-5-13-20(14)24(32)27(23(13)31)25(33)34-2/h3-4,6-8,13-14,19-20,28H,5,9H2,1-2H3. The topological polar surface area (TPSA) is 118 Å². The third-order valence-electron chi connectivity index (χ3n) is 7.22. The number of hydrogen-bond acceptors (Lipinski definition) is 7. The fourth-order valence-corrected chi connectivity index (χ4v) is 5.95. The number of allylic oxidation sites excluding steroid dienone is 6. The van der Waals surface area contributed by atoms with Crippen molar-refractivity contribution in [2.45, 2.75) is 25.7 Å². The fourth-order valence-electron chi connectivity index (χ4n) is 5.77. The summed E-state index contributed by atoms with van der Waals surface area (Å²) in [6, 6.07) is 4.45. The van der Waals surface area contributed by atoms with E-state index in [1.165, 1.54) is 24.3 Å². The Balaban J connectivity index is 1.70. The summed E-state index contributed by atoms with van der Waals surface area (Å²) in [5.41, 5.74) is 1.77. The Kier molecular flexibility index (Phi) is 5.09. The second-order valence-corrected chi connectivity index (χ2v) is 9.35. The molecule has 1 saturated heterocycles. The van der Waals surface area contributed by atoms with Gasteiger partial charge in [-0.3, -0.25) is 19.2 Å². The summed E-state index contributed by atoms with van der Waals surface area (Å²) < 4.78 is 4.63. The van der Waals surface area contributed by atoms with Gasteiger partial charge in [-0.15, -0.1) is 0 Å². The molecule has 34 heavy (non-hydrogen) atoms. The average molecular weight is 482 g/mol. The maximum atomic E-state index is 13.3. The molecule has 1 N–H and O–H groups in total. The molecule has 0 bridgehead atoms. The molecule has 8 nitrogen and oxygen atoms in total. The Labute approximate surface area is 199 Å². The summed E-state index contributed by atoms with van der Waals surface area (Å²) in [7, 11) is 1.09. The summed E-state index contributed by atoms with van der Waals surface area (Å²) in [6.45, 7) is 1.55. The summed E-state index contributed by atoms with van der Waals surface area (Å²) in [5.74, 6) is -5.19. The minimum Gasteiger partial charge on any atom is -0.508 e. The van der Waals surface area contributed by atoms with E-state index in [9.17, 15) is 29.1 Å². The van der Waals surface area contributed by atoms with Crippen molar-refractivity contribution >= 4 is 41.1 Å². The van der Waals surface area contributed by atoms with Crippen LogP contribution in [-0.2, 0) is 23.9 Å². The molecule has 5 rings (SSSR count). The van der Waals surface area contributed by atoms with Gasteiger partial charge in [0.25, 0.3) is 0 Å². The highest BCUT2D eigenvalue weighted by Crippen LogP contribution is 2.56. The van der Waals surface area contributed by atoms with Gasteiger partial charge < -0.3 is 9.84 Å². The van der Waals surface area contributed by atoms with E-state index in [0.717, 1.165) is 7.11 Å². The number of nitrogens with zero attached hydrogens (tertiary/aromatic N) is 1. The highest BCUT2D eigenvalue weighted by molar-refractivity contribution is 6.30. The first-order valence-corrected chi connectivity index (χ1v) is 11.2. The van der Waals surface area contributed by atoms with Gasteiger partial charge in [0.2, 0.25) is 11.8 Å². The van der Waals surface area contributed by atoms with Crippen LogP contribution in [0.4, 0.5) is 4.79 Å². The van der Waals surface area contributed by atoms with E-state index in [4.69, 9.17) is 11.6 Å². The molecular formula is C25H20ClNO7. The zero-order valence-electron chi connectivity index (χ0n) is 18.3. The first kappa shape index (κ1) is 22.3. The number of imide groups is 3. The summed E-state index contributed by atoms with van der Waals surface area (Å²) in [6.07, 6.45) is 2.27. The number of phenols is 1. The number of hydrogen-bond donors (Lipinski definition) is 1. The molecule has 1 aromatic rings. The van der Waals surface area contributed by atoms with Gasteiger partial charge in [-0.2, -0.15) is 4.90 Å². The van der Waals surface area contributed by atoms with Crippen LogP contribution in [0.15, 0.2) is 52.6 Å². The first-order chi connectivity index (χ1) is 16.1. The van der Waals surface area contributed by atoms with Crippen molar-refractivity contribution in [1.82, 2.24) is 4.90 Å². The zero-order valence-corrected chi connectivity index (χ0v) is 19.1. The number of methoxy groups -OCH3 is 1. The Bertz CT molecular complexity index is 1300. The van der Waals surface area contributed by atoms with Crippen molar-refractivity contribution in [1.29, 1.82) is 0 Å². The van der Waals surface area contributed by atoms with Crippen LogP contribution >= 0.6 is 11.6 Å². The lowest BCUT2D eigenvalue weighted by molar-refractivity contribution is -0.137. The smallest absolute Gasteiger partial charge is 0.423 e. The molecule has 1 fully saturated rings. The predicted octanol–water partition coefficient (Wildman–Crippen LogP) is 3.24. The predicted molar refractivity (Wildman–Crippen MR) is 119 cm³/mol. The van der Waals surface area contributed by atoms with Gasteiger partial charge in [-0.25, -0.2) is 4.79 Å². The molecule has 4 aliphatic rings. The number of rotatable bonds is 1. The molecule has 0 radical (unpaired) electrons. The molecule has 3 aliphatic carbocycles. The van der Waals surface area contributed by atoms with Gasteiger partial charge in [0.1, 0.15) is 5.75 Å². The molecule has 174 valence electrons. The number of phenolic OH excluding ortho intramolecular Hbond substituents is 1. The van der Waals surface area contributed by atoms with Crippen LogP contribution in [0.3, 0.4) is 0 Å². The van der Waals surface area contributed by atoms with Gasteiger partial charge in [0, 0.05) is 33.2 Å². The number of ketones is 2. The summed E-state index contributed by atoms with van der Waals surface area (Å²) in [4.78, 5) is 65.1. The number of carbonyl (C=O) groups is 5. The zero-order chi connectivity index (χ0) is 24.5. The van der Waals surface area contributed by atoms with Crippen LogP contribution in [-0.4, -0.2) is 46.6 Å². The maximum absolute atomic E-state index is 13.3. The average Bonchev–Trinajstić information content (AvgIpc) is 3.07. The number of carbonyl (C=O) groups excluding carboxylic acids is 5. The van der Waals surface area contributed by atoms with E-state index in [1.54, 1.807) is 13.0 Å². The molecule has 0 saturated carbocycles. The molecular weight excluding hydrogens is 462 g/mol. The SMILES string of the molecule is COC(=O)N1C(=O)C2CC=C3C(c4cc(Cl)ccc4O)C4=C(CC3C2C1=O)C(=O)C(C)=CC4=O. The van der Waals surface area contributed by atoms with Crippen molar-refractivity contribution in [3.8, 4) is 5.75 Å². The van der Waals surface area contributed by atoms with Crippen molar-refractivity contribution in [3.05, 3.63) is 63.2 Å². The molecule has 4 unspecified atom stereocenters. The fraction of sp³-hybridized carbons (Fsp3) is 0.320. The molecule has 1 aliphatic heterocycles. The van der Waals surface area contributed by atoms with Crippen molar-refractivity contribution in [2.24, 2.45) is 17.8 Å². The van der Waals surface area contributed by atoms with Gasteiger partial charge in [0.05, 0.1) is 18.9 Å². The lowest BCUT2D eigenvalue weighted by Gasteiger charge is -2.42. The Hall–Kier alpha value is -3.52. The van der Waals surface area contributed by atoms with Crippen molar-refractivity contribution < 1.29 is 33.8 Å². The Morgan fingerprint density at radius 1 is 1.15 bits per heavy atom. The minimum atomic E-state index is -1.05. The maximum Gasteiger partial charge on any atom is 0.423 e. The second kappa shape index (κ2) is 7.77. The molecule has 3 amide bonds. The van der Waals surface area contributed by atoms with E-state index in [1.807, 2.05) is 0 Å². The van der Waals surface area contributed by atoms with Crippen molar-refractivity contribution in [2.75, 3.05) is 7.11 Å². The lowest BCUT2D eigenvalue weighted by atomic mass is 9.59. The summed E-state index contributed by atoms with van der Waals surface area (Å²) in [5, 5.41) is 11.0. The van der Waals surface area contributed by atoms with Crippen molar-refractivity contribution in [3.63, 3.8) is 0 Å². The van der Waals surface area contributed by atoms with E-state index >= 15 is 0 Å². The van der Waals surface area contributed by atoms with E-state index in [2.05, 4.69) is 4.74 Å². The van der Waals surface area contributed by atoms with Crippen LogP contribution in [0.2, 0.25) is 5.02 Å². The lowest BCUT2D eigenvalue weighted by Crippen LogP contribution is -2.40. The number of aromatic hydroxyl groups is 1. The number of amides is 3. The third kappa shape index (κ3) is 3.01. The number of halogens is 1. The molecule has 4 atom stereocenters. The highest BCUT2D eigenvalue weighted by Gasteiger charge is 2.58.